The van der Waals surface area contributed by atoms with Crippen molar-refractivity contribution in [2.45, 2.75) is 39.7 Å². The Balaban J connectivity index is 2.21. The summed E-state index contributed by atoms with van der Waals surface area (Å²) in [4.78, 5) is 34.1. The maximum absolute atomic E-state index is 13.0. The van der Waals surface area contributed by atoms with Crippen molar-refractivity contribution in [1.29, 1.82) is 0 Å². The molecular weight excluding hydrogens is 362 g/mol. The van der Waals surface area contributed by atoms with Gasteiger partial charge in [-0.15, -0.1) is 0 Å². The standard InChI is InChI=1S/C16H24BrN3O3/c1-9(2)11(6-14(21)23-4)16(22)20-8-10(3)5-12(20)15-18-7-13(17)19-15/h7,9-12H,5-6,8H2,1-4H3,(H,18,19)/t10-,11-,12-/m0/s1. The monoisotopic (exact) mass is 385 g/mol. The third-order valence-corrected chi connectivity index (χ3v) is 4.81. The number of likely N-dealkylation sites (tertiary alicyclic amines) is 1. The molecule has 1 aliphatic heterocycles. The summed E-state index contributed by atoms with van der Waals surface area (Å²) in [5.41, 5.74) is 0. The number of ether oxygens (including phenoxy) is 1. The van der Waals surface area contributed by atoms with E-state index in [0.717, 1.165) is 16.8 Å². The van der Waals surface area contributed by atoms with Gasteiger partial charge in [0.2, 0.25) is 5.91 Å². The van der Waals surface area contributed by atoms with Crippen LogP contribution in [0.25, 0.3) is 0 Å². The maximum atomic E-state index is 13.0. The molecular formula is C16H24BrN3O3. The van der Waals surface area contributed by atoms with Gasteiger partial charge in [-0.2, -0.15) is 0 Å². The van der Waals surface area contributed by atoms with Crippen LogP contribution in [-0.4, -0.2) is 40.4 Å². The highest BCUT2D eigenvalue weighted by Crippen LogP contribution is 2.36. The van der Waals surface area contributed by atoms with Crippen molar-refractivity contribution >= 4 is 27.8 Å². The van der Waals surface area contributed by atoms with E-state index < -0.39 is 0 Å². The number of halogens is 1. The smallest absolute Gasteiger partial charge is 0.306 e. The summed E-state index contributed by atoms with van der Waals surface area (Å²) in [6, 6.07) is -0.0669. The summed E-state index contributed by atoms with van der Waals surface area (Å²) in [6.45, 7) is 6.74. The van der Waals surface area contributed by atoms with E-state index in [-0.39, 0.29) is 36.2 Å². The second-order valence-corrected chi connectivity index (χ2v) is 7.45. The Morgan fingerprint density at radius 2 is 2.22 bits per heavy atom. The molecule has 23 heavy (non-hydrogen) atoms. The van der Waals surface area contributed by atoms with Crippen molar-refractivity contribution in [1.82, 2.24) is 14.9 Å². The number of carbonyl (C=O) groups excluding carboxylic acids is 2. The normalized spacial score (nSPS) is 22.4. The first kappa shape index (κ1) is 18.0. The topological polar surface area (TPSA) is 75.3 Å². The Morgan fingerprint density at radius 1 is 1.52 bits per heavy atom. The lowest BCUT2D eigenvalue weighted by atomic mass is 9.91. The average Bonchev–Trinajstić information content (AvgIpc) is 3.09. The SMILES string of the molecule is COC(=O)C[C@H](C(=O)N1C[C@@H](C)C[C@H]1c1ncc(Br)[nH]1)C(C)C. The quantitative estimate of drug-likeness (QED) is 0.790. The molecule has 3 atom stereocenters. The van der Waals surface area contributed by atoms with E-state index in [1.807, 2.05) is 18.7 Å². The van der Waals surface area contributed by atoms with E-state index >= 15 is 0 Å². The third-order valence-electron chi connectivity index (χ3n) is 4.41. The number of nitrogens with one attached hydrogen (secondary N) is 1. The molecule has 0 saturated carbocycles. The molecule has 0 radical (unpaired) electrons. The molecule has 1 fully saturated rings. The molecule has 2 rings (SSSR count). The summed E-state index contributed by atoms with van der Waals surface area (Å²) in [5, 5.41) is 0. The molecule has 1 N–H and O–H groups in total. The predicted molar refractivity (Wildman–Crippen MR) is 89.5 cm³/mol. The van der Waals surface area contributed by atoms with Crippen molar-refractivity contribution < 1.29 is 14.3 Å². The van der Waals surface area contributed by atoms with E-state index in [1.165, 1.54) is 7.11 Å². The van der Waals surface area contributed by atoms with Crippen LogP contribution in [-0.2, 0) is 14.3 Å². The molecule has 7 heteroatoms. The lowest BCUT2D eigenvalue weighted by Gasteiger charge is -2.29. The van der Waals surface area contributed by atoms with Gasteiger partial charge >= 0.3 is 5.97 Å². The van der Waals surface area contributed by atoms with Gasteiger partial charge in [0.1, 0.15) is 10.4 Å². The van der Waals surface area contributed by atoms with E-state index in [0.29, 0.717) is 12.5 Å². The van der Waals surface area contributed by atoms with Crippen LogP contribution in [0.3, 0.4) is 0 Å². The number of methoxy groups -OCH3 is 1. The molecule has 0 unspecified atom stereocenters. The van der Waals surface area contributed by atoms with Crippen LogP contribution in [0, 0.1) is 17.8 Å². The van der Waals surface area contributed by atoms with Crippen LogP contribution in [0.15, 0.2) is 10.8 Å². The number of hydrogen-bond donors (Lipinski definition) is 1. The molecule has 6 nitrogen and oxygen atoms in total. The van der Waals surface area contributed by atoms with Gasteiger partial charge in [0.25, 0.3) is 0 Å². The zero-order valence-electron chi connectivity index (χ0n) is 14.0. The molecule has 1 amide bonds. The highest BCUT2D eigenvalue weighted by molar-refractivity contribution is 9.10. The molecule has 2 heterocycles. The number of aromatic amines is 1. The molecule has 0 bridgehead atoms. The van der Waals surface area contributed by atoms with Crippen molar-refractivity contribution in [3.8, 4) is 0 Å². The van der Waals surface area contributed by atoms with Crippen LogP contribution < -0.4 is 0 Å². The van der Waals surface area contributed by atoms with Gasteiger partial charge in [0.15, 0.2) is 0 Å². The summed E-state index contributed by atoms with van der Waals surface area (Å²) in [6.07, 6.45) is 2.69. The molecule has 128 valence electrons. The number of aromatic nitrogens is 2. The molecule has 1 aromatic rings. The fraction of sp³-hybridized carbons (Fsp3) is 0.688. The average molecular weight is 386 g/mol. The van der Waals surface area contributed by atoms with Crippen molar-refractivity contribution in [3.63, 3.8) is 0 Å². The molecule has 0 spiro atoms. The summed E-state index contributed by atoms with van der Waals surface area (Å²) in [7, 11) is 1.35. The van der Waals surface area contributed by atoms with Crippen LogP contribution in [0.5, 0.6) is 0 Å². The summed E-state index contributed by atoms with van der Waals surface area (Å²) < 4.78 is 5.55. The zero-order valence-corrected chi connectivity index (χ0v) is 15.6. The van der Waals surface area contributed by atoms with Crippen molar-refractivity contribution in [2.75, 3.05) is 13.7 Å². The summed E-state index contributed by atoms with van der Waals surface area (Å²) in [5.74, 6) is 0.554. The minimum Gasteiger partial charge on any atom is -0.469 e. The first-order valence-corrected chi connectivity index (χ1v) is 8.70. The first-order valence-electron chi connectivity index (χ1n) is 7.91. The van der Waals surface area contributed by atoms with E-state index in [1.54, 1.807) is 6.20 Å². The second kappa shape index (κ2) is 7.47. The number of nitrogens with zero attached hydrogens (tertiary/aromatic N) is 2. The first-order chi connectivity index (χ1) is 10.8. The maximum Gasteiger partial charge on any atom is 0.306 e. The van der Waals surface area contributed by atoms with Crippen LogP contribution in [0.2, 0.25) is 0 Å². The Morgan fingerprint density at radius 3 is 2.74 bits per heavy atom. The highest BCUT2D eigenvalue weighted by Gasteiger charge is 2.39. The number of imidazole rings is 1. The Labute approximate surface area is 145 Å². The Bertz CT molecular complexity index is 573. The van der Waals surface area contributed by atoms with Crippen molar-refractivity contribution in [2.24, 2.45) is 17.8 Å². The number of H-pyrrole nitrogens is 1. The van der Waals surface area contributed by atoms with E-state index in [4.69, 9.17) is 4.74 Å². The van der Waals surface area contributed by atoms with E-state index in [9.17, 15) is 9.59 Å². The van der Waals surface area contributed by atoms with Gasteiger partial charge in [0, 0.05) is 6.54 Å². The van der Waals surface area contributed by atoms with Gasteiger partial charge < -0.3 is 14.6 Å². The summed E-state index contributed by atoms with van der Waals surface area (Å²) >= 11 is 3.36. The molecule has 0 aromatic carbocycles. The number of hydrogen-bond acceptors (Lipinski definition) is 4. The zero-order chi connectivity index (χ0) is 17.1. The number of rotatable bonds is 5. The number of carbonyl (C=O) groups is 2. The van der Waals surface area contributed by atoms with Crippen molar-refractivity contribution in [3.05, 3.63) is 16.6 Å². The minimum absolute atomic E-state index is 0.00673. The predicted octanol–water partition coefficient (Wildman–Crippen LogP) is 2.92. The Hall–Kier alpha value is -1.37. The van der Waals surface area contributed by atoms with Gasteiger partial charge in [0.05, 0.1) is 31.7 Å². The van der Waals surface area contributed by atoms with Gasteiger partial charge in [-0.1, -0.05) is 20.8 Å². The van der Waals surface area contributed by atoms with Crippen LogP contribution >= 0.6 is 15.9 Å². The molecule has 0 aliphatic carbocycles. The second-order valence-electron chi connectivity index (χ2n) is 6.59. The van der Waals surface area contributed by atoms with Crippen LogP contribution in [0.1, 0.15) is 45.5 Å². The molecule has 1 aliphatic rings. The van der Waals surface area contributed by atoms with Crippen LogP contribution in [0.4, 0.5) is 0 Å². The number of amides is 1. The molecule has 1 saturated heterocycles. The largest absolute Gasteiger partial charge is 0.469 e. The highest BCUT2D eigenvalue weighted by atomic mass is 79.9. The minimum atomic E-state index is -0.367. The van der Waals surface area contributed by atoms with Gasteiger partial charge in [-0.05, 0) is 34.2 Å². The third kappa shape index (κ3) is 4.13. The lowest BCUT2D eigenvalue weighted by molar-refractivity contribution is -0.148. The fourth-order valence-corrected chi connectivity index (χ4v) is 3.42. The molecule has 1 aromatic heterocycles. The Kier molecular flexibility index (Phi) is 5.84. The lowest BCUT2D eigenvalue weighted by Crippen LogP contribution is -2.39. The fourth-order valence-electron chi connectivity index (χ4n) is 3.12. The number of esters is 1. The van der Waals surface area contributed by atoms with Gasteiger partial charge in [-0.25, -0.2) is 4.98 Å². The van der Waals surface area contributed by atoms with E-state index in [2.05, 4.69) is 32.8 Å². The van der Waals surface area contributed by atoms with Gasteiger partial charge in [-0.3, -0.25) is 9.59 Å².